The van der Waals surface area contributed by atoms with Crippen LogP contribution in [0.3, 0.4) is 0 Å². The Kier molecular flexibility index (Phi) is 5.05. The predicted octanol–water partition coefficient (Wildman–Crippen LogP) is 1.92. The summed E-state index contributed by atoms with van der Waals surface area (Å²) in [4.78, 5) is 0. The molecule has 0 heterocycles. The Labute approximate surface area is 106 Å². The summed E-state index contributed by atoms with van der Waals surface area (Å²) in [7, 11) is 4.86. The molecule has 0 saturated heterocycles. The maximum absolute atomic E-state index is 9.99. The molecule has 0 bridgehead atoms. The van der Waals surface area contributed by atoms with Gasteiger partial charge in [-0.2, -0.15) is 0 Å². The van der Waals surface area contributed by atoms with Gasteiger partial charge in [0.15, 0.2) is 11.5 Å². The lowest BCUT2D eigenvalue weighted by atomic mass is 10.0. The largest absolute Gasteiger partial charge is 0.493 e. The molecule has 1 rings (SSSR count). The highest BCUT2D eigenvalue weighted by molar-refractivity contribution is 6.32. The molecule has 5 heteroatoms. The molecule has 17 heavy (non-hydrogen) atoms. The second-order valence-electron chi connectivity index (χ2n) is 3.71. The number of ether oxygens (including phenoxy) is 2. The zero-order chi connectivity index (χ0) is 13.0. The van der Waals surface area contributed by atoms with Crippen LogP contribution in [-0.4, -0.2) is 32.9 Å². The van der Waals surface area contributed by atoms with Gasteiger partial charge in [0.05, 0.1) is 25.3 Å². The van der Waals surface area contributed by atoms with Crippen molar-refractivity contribution in [1.29, 1.82) is 0 Å². The minimum absolute atomic E-state index is 0.431. The Morgan fingerprint density at radius 1 is 1.35 bits per heavy atom. The summed E-state index contributed by atoms with van der Waals surface area (Å²) >= 11 is 6.09. The summed E-state index contributed by atoms with van der Waals surface area (Å²) in [5.74, 6) is 1.05. The first-order valence-electron chi connectivity index (χ1n) is 5.30. The lowest BCUT2D eigenvalue weighted by molar-refractivity contribution is 0.176. The molecule has 1 aromatic carbocycles. The molecule has 0 aromatic heterocycles. The van der Waals surface area contributed by atoms with Crippen LogP contribution in [0.15, 0.2) is 6.07 Å². The van der Waals surface area contributed by atoms with Gasteiger partial charge in [0, 0.05) is 12.1 Å². The van der Waals surface area contributed by atoms with Crippen LogP contribution in [0.25, 0.3) is 0 Å². The van der Waals surface area contributed by atoms with Crippen molar-refractivity contribution in [2.45, 2.75) is 13.0 Å². The quantitative estimate of drug-likeness (QED) is 0.848. The van der Waals surface area contributed by atoms with Crippen LogP contribution in [0, 0.1) is 6.92 Å². The number of rotatable bonds is 5. The average molecular weight is 260 g/mol. The van der Waals surface area contributed by atoms with Gasteiger partial charge in [0.25, 0.3) is 0 Å². The van der Waals surface area contributed by atoms with Crippen molar-refractivity contribution >= 4 is 11.6 Å². The molecular weight excluding hydrogens is 242 g/mol. The molecule has 0 aliphatic carbocycles. The summed E-state index contributed by atoms with van der Waals surface area (Å²) < 4.78 is 10.5. The van der Waals surface area contributed by atoms with Crippen LogP contribution in [0.1, 0.15) is 17.2 Å². The molecular formula is C12H18ClNO3. The third-order valence-corrected chi connectivity index (χ3v) is 2.92. The van der Waals surface area contributed by atoms with Crippen LogP contribution in [-0.2, 0) is 0 Å². The van der Waals surface area contributed by atoms with E-state index in [1.165, 1.54) is 7.11 Å². The molecule has 96 valence electrons. The molecule has 1 atom stereocenters. The normalized spacial score (nSPS) is 12.4. The highest BCUT2D eigenvalue weighted by atomic mass is 35.5. The monoisotopic (exact) mass is 259 g/mol. The van der Waals surface area contributed by atoms with Crippen LogP contribution >= 0.6 is 11.6 Å². The number of benzene rings is 1. The number of aliphatic hydroxyl groups is 1. The number of aliphatic hydroxyl groups excluding tert-OH is 1. The van der Waals surface area contributed by atoms with Gasteiger partial charge in [-0.15, -0.1) is 0 Å². The number of halogens is 1. The average Bonchev–Trinajstić information content (AvgIpc) is 2.31. The fourth-order valence-electron chi connectivity index (χ4n) is 1.81. The highest BCUT2D eigenvalue weighted by Crippen LogP contribution is 2.41. The van der Waals surface area contributed by atoms with Crippen LogP contribution in [0.2, 0.25) is 5.02 Å². The van der Waals surface area contributed by atoms with E-state index in [2.05, 4.69) is 5.32 Å². The smallest absolute Gasteiger partial charge is 0.179 e. The van der Waals surface area contributed by atoms with Crippen LogP contribution in [0.4, 0.5) is 0 Å². The summed E-state index contributed by atoms with van der Waals surface area (Å²) in [5.41, 5.74) is 1.57. The molecule has 0 radical (unpaired) electrons. The van der Waals surface area contributed by atoms with E-state index in [-0.39, 0.29) is 0 Å². The second kappa shape index (κ2) is 6.10. The van der Waals surface area contributed by atoms with E-state index in [0.29, 0.717) is 23.1 Å². The predicted molar refractivity (Wildman–Crippen MR) is 68.2 cm³/mol. The van der Waals surface area contributed by atoms with Gasteiger partial charge in [0.2, 0.25) is 0 Å². The lowest BCUT2D eigenvalue weighted by Crippen LogP contribution is -2.17. The molecule has 0 aliphatic heterocycles. The minimum Gasteiger partial charge on any atom is -0.493 e. The highest BCUT2D eigenvalue weighted by Gasteiger charge is 2.19. The van der Waals surface area contributed by atoms with Gasteiger partial charge in [-0.1, -0.05) is 11.6 Å². The molecule has 4 nitrogen and oxygen atoms in total. The van der Waals surface area contributed by atoms with Crippen LogP contribution in [0.5, 0.6) is 11.5 Å². The Hall–Kier alpha value is -0.970. The van der Waals surface area contributed by atoms with E-state index in [4.69, 9.17) is 21.1 Å². The first-order chi connectivity index (χ1) is 8.06. The van der Waals surface area contributed by atoms with E-state index >= 15 is 0 Å². The third-order valence-electron chi connectivity index (χ3n) is 2.64. The molecule has 1 aromatic rings. The van der Waals surface area contributed by atoms with Crippen molar-refractivity contribution < 1.29 is 14.6 Å². The fourth-order valence-corrected chi connectivity index (χ4v) is 2.09. The van der Waals surface area contributed by atoms with Gasteiger partial charge in [-0.25, -0.2) is 0 Å². The molecule has 1 unspecified atom stereocenters. The Morgan fingerprint density at radius 3 is 2.41 bits per heavy atom. The SMILES string of the molecule is CNCC(O)c1cc(Cl)c(OC)c(OC)c1C. The molecule has 0 amide bonds. The number of methoxy groups -OCH3 is 2. The maximum atomic E-state index is 9.99. The van der Waals surface area contributed by atoms with E-state index in [1.807, 2.05) is 6.92 Å². The number of hydrogen-bond donors (Lipinski definition) is 2. The van der Waals surface area contributed by atoms with E-state index in [1.54, 1.807) is 20.2 Å². The van der Waals surface area contributed by atoms with Gasteiger partial charge in [0.1, 0.15) is 0 Å². The zero-order valence-corrected chi connectivity index (χ0v) is 11.3. The fraction of sp³-hybridized carbons (Fsp3) is 0.500. The van der Waals surface area contributed by atoms with Crippen molar-refractivity contribution in [2.75, 3.05) is 27.8 Å². The topological polar surface area (TPSA) is 50.7 Å². The van der Waals surface area contributed by atoms with Crippen molar-refractivity contribution in [3.05, 3.63) is 22.2 Å². The molecule has 0 saturated carbocycles. The van der Waals surface area contributed by atoms with Crippen molar-refractivity contribution in [3.63, 3.8) is 0 Å². The Morgan fingerprint density at radius 2 is 1.94 bits per heavy atom. The molecule has 0 spiro atoms. The van der Waals surface area contributed by atoms with E-state index in [9.17, 15) is 5.11 Å². The Balaban J connectivity index is 3.30. The summed E-state index contributed by atoms with van der Waals surface area (Å²) in [6, 6.07) is 1.71. The van der Waals surface area contributed by atoms with Crippen LogP contribution < -0.4 is 14.8 Å². The number of likely N-dealkylation sites (N-methyl/N-ethyl adjacent to an activating group) is 1. The third kappa shape index (κ3) is 2.83. The molecule has 2 N–H and O–H groups in total. The van der Waals surface area contributed by atoms with Gasteiger partial charge in [-0.3, -0.25) is 0 Å². The lowest BCUT2D eigenvalue weighted by Gasteiger charge is -2.19. The van der Waals surface area contributed by atoms with Gasteiger partial charge < -0.3 is 19.9 Å². The number of nitrogens with one attached hydrogen (secondary N) is 1. The summed E-state index contributed by atoms with van der Waals surface area (Å²) in [6.45, 7) is 2.32. The standard InChI is InChI=1S/C12H18ClNO3/c1-7-8(10(15)6-14-2)5-9(13)12(17-4)11(7)16-3/h5,10,14-15H,6H2,1-4H3. The minimum atomic E-state index is -0.627. The van der Waals surface area contributed by atoms with E-state index in [0.717, 1.165) is 11.1 Å². The maximum Gasteiger partial charge on any atom is 0.179 e. The second-order valence-corrected chi connectivity index (χ2v) is 4.12. The van der Waals surface area contributed by atoms with Crippen molar-refractivity contribution in [1.82, 2.24) is 5.32 Å². The Bertz CT molecular complexity index is 396. The first-order valence-corrected chi connectivity index (χ1v) is 5.68. The molecule has 0 fully saturated rings. The van der Waals surface area contributed by atoms with Crippen molar-refractivity contribution in [3.8, 4) is 11.5 Å². The van der Waals surface area contributed by atoms with Crippen molar-refractivity contribution in [2.24, 2.45) is 0 Å². The summed E-state index contributed by atoms with van der Waals surface area (Å²) in [5, 5.41) is 13.3. The number of hydrogen-bond acceptors (Lipinski definition) is 4. The molecule has 0 aliphatic rings. The zero-order valence-electron chi connectivity index (χ0n) is 10.5. The first kappa shape index (κ1) is 14.1. The van der Waals surface area contributed by atoms with Gasteiger partial charge >= 0.3 is 0 Å². The van der Waals surface area contributed by atoms with E-state index < -0.39 is 6.10 Å². The summed E-state index contributed by atoms with van der Waals surface area (Å²) in [6.07, 6.45) is -0.627. The van der Waals surface area contributed by atoms with Gasteiger partial charge in [-0.05, 0) is 25.6 Å².